The SMILES string of the molecule is CN1CCC(C(C)(C)Cl)CC1. The highest BCUT2D eigenvalue weighted by Gasteiger charge is 2.29. The topological polar surface area (TPSA) is 3.24 Å². The highest BCUT2D eigenvalue weighted by molar-refractivity contribution is 6.23. The molecule has 0 aliphatic carbocycles. The van der Waals surface area contributed by atoms with Crippen LogP contribution >= 0.6 is 11.6 Å². The fourth-order valence-corrected chi connectivity index (χ4v) is 1.91. The summed E-state index contributed by atoms with van der Waals surface area (Å²) in [5.74, 6) is 0.709. The zero-order chi connectivity index (χ0) is 8.48. The van der Waals surface area contributed by atoms with E-state index in [0.29, 0.717) is 5.92 Å². The first-order valence-corrected chi connectivity index (χ1v) is 4.75. The van der Waals surface area contributed by atoms with Crippen molar-refractivity contribution in [1.82, 2.24) is 4.90 Å². The Morgan fingerprint density at radius 1 is 1.27 bits per heavy atom. The molecule has 1 rings (SSSR count). The molecule has 0 bridgehead atoms. The second-order valence-corrected chi connectivity index (χ2v) is 5.12. The van der Waals surface area contributed by atoms with E-state index in [1.165, 1.54) is 25.9 Å². The third-order valence-electron chi connectivity index (χ3n) is 2.69. The zero-order valence-electron chi connectivity index (χ0n) is 7.73. The van der Waals surface area contributed by atoms with Gasteiger partial charge in [0.1, 0.15) is 0 Å². The first-order chi connectivity index (χ1) is 5.00. The maximum Gasteiger partial charge on any atom is 0.0419 e. The molecule has 0 spiro atoms. The van der Waals surface area contributed by atoms with Gasteiger partial charge in [-0.1, -0.05) is 0 Å². The summed E-state index contributed by atoms with van der Waals surface area (Å²) < 4.78 is 0. The van der Waals surface area contributed by atoms with E-state index in [1.54, 1.807) is 0 Å². The van der Waals surface area contributed by atoms with Gasteiger partial charge in [-0.15, -0.1) is 11.6 Å². The molecule has 1 saturated heterocycles. The molecular formula is C9H18ClN. The summed E-state index contributed by atoms with van der Waals surface area (Å²) >= 11 is 6.24. The number of nitrogens with zero attached hydrogens (tertiary/aromatic N) is 1. The molecule has 0 atom stereocenters. The predicted molar refractivity (Wildman–Crippen MR) is 50.2 cm³/mol. The Morgan fingerprint density at radius 3 is 2.09 bits per heavy atom. The van der Waals surface area contributed by atoms with Gasteiger partial charge in [-0.3, -0.25) is 0 Å². The third-order valence-corrected chi connectivity index (χ3v) is 3.00. The second kappa shape index (κ2) is 3.32. The highest BCUT2D eigenvalue weighted by atomic mass is 35.5. The maximum absolute atomic E-state index is 6.24. The summed E-state index contributed by atoms with van der Waals surface area (Å²) in [6, 6.07) is 0. The average molecular weight is 176 g/mol. The second-order valence-electron chi connectivity index (χ2n) is 4.14. The number of halogens is 1. The molecule has 11 heavy (non-hydrogen) atoms. The fourth-order valence-electron chi connectivity index (χ4n) is 1.70. The van der Waals surface area contributed by atoms with Crippen molar-refractivity contribution in [2.75, 3.05) is 20.1 Å². The molecular weight excluding hydrogens is 158 g/mol. The van der Waals surface area contributed by atoms with Crippen molar-refractivity contribution in [3.8, 4) is 0 Å². The van der Waals surface area contributed by atoms with E-state index in [0.717, 1.165) is 0 Å². The predicted octanol–water partition coefficient (Wildman–Crippen LogP) is 2.35. The summed E-state index contributed by atoms with van der Waals surface area (Å²) in [6.45, 7) is 6.68. The smallest absolute Gasteiger partial charge is 0.0419 e. The molecule has 1 nitrogen and oxygen atoms in total. The van der Waals surface area contributed by atoms with Crippen molar-refractivity contribution in [1.29, 1.82) is 0 Å². The lowest BCUT2D eigenvalue weighted by molar-refractivity contribution is 0.195. The normalized spacial score (nSPS) is 24.0. The summed E-state index contributed by atoms with van der Waals surface area (Å²) in [6.07, 6.45) is 2.51. The molecule has 1 fully saturated rings. The monoisotopic (exact) mass is 175 g/mol. The zero-order valence-corrected chi connectivity index (χ0v) is 8.49. The van der Waals surface area contributed by atoms with E-state index in [2.05, 4.69) is 25.8 Å². The third kappa shape index (κ3) is 2.64. The Balaban J connectivity index is 2.39. The molecule has 0 aromatic carbocycles. The van der Waals surface area contributed by atoms with Gasteiger partial charge in [-0.2, -0.15) is 0 Å². The number of rotatable bonds is 1. The summed E-state index contributed by atoms with van der Waals surface area (Å²) in [7, 11) is 2.18. The first-order valence-electron chi connectivity index (χ1n) is 4.37. The van der Waals surface area contributed by atoms with Crippen LogP contribution in [0, 0.1) is 5.92 Å². The number of piperidine rings is 1. The molecule has 2 heteroatoms. The quantitative estimate of drug-likeness (QED) is 0.553. The molecule has 1 aliphatic heterocycles. The van der Waals surface area contributed by atoms with Crippen LogP contribution in [0.15, 0.2) is 0 Å². The minimum Gasteiger partial charge on any atom is -0.306 e. The summed E-state index contributed by atoms with van der Waals surface area (Å²) in [5, 5.41) is 0. The largest absolute Gasteiger partial charge is 0.306 e. The Kier molecular flexibility index (Phi) is 2.82. The number of likely N-dealkylation sites (tertiary alicyclic amines) is 1. The van der Waals surface area contributed by atoms with E-state index in [4.69, 9.17) is 11.6 Å². The Hall–Kier alpha value is 0.250. The van der Waals surface area contributed by atoms with Crippen LogP contribution in [0.4, 0.5) is 0 Å². The van der Waals surface area contributed by atoms with Crippen LogP contribution < -0.4 is 0 Å². The van der Waals surface area contributed by atoms with Gasteiger partial charge in [0.05, 0.1) is 0 Å². The molecule has 0 saturated carbocycles. The van der Waals surface area contributed by atoms with Crippen molar-refractivity contribution >= 4 is 11.6 Å². The van der Waals surface area contributed by atoms with Crippen molar-refractivity contribution in [2.24, 2.45) is 5.92 Å². The van der Waals surface area contributed by atoms with Crippen molar-refractivity contribution in [2.45, 2.75) is 31.6 Å². The van der Waals surface area contributed by atoms with E-state index in [-0.39, 0.29) is 4.87 Å². The molecule has 0 N–H and O–H groups in total. The van der Waals surface area contributed by atoms with Gasteiger partial charge in [-0.05, 0) is 52.7 Å². The maximum atomic E-state index is 6.24. The molecule has 66 valence electrons. The van der Waals surface area contributed by atoms with Crippen molar-refractivity contribution in [3.63, 3.8) is 0 Å². The standard InChI is InChI=1S/C9H18ClN/c1-9(2,10)8-4-6-11(3)7-5-8/h8H,4-7H2,1-3H3. The van der Waals surface area contributed by atoms with Gasteiger partial charge < -0.3 is 4.90 Å². The lowest BCUT2D eigenvalue weighted by Crippen LogP contribution is -2.37. The molecule has 0 aromatic heterocycles. The molecule has 0 radical (unpaired) electrons. The van der Waals surface area contributed by atoms with Gasteiger partial charge in [0.15, 0.2) is 0 Å². The van der Waals surface area contributed by atoms with Crippen LogP contribution in [0.25, 0.3) is 0 Å². The van der Waals surface area contributed by atoms with Crippen LogP contribution in [-0.2, 0) is 0 Å². The van der Waals surface area contributed by atoms with Gasteiger partial charge in [0.25, 0.3) is 0 Å². The lowest BCUT2D eigenvalue weighted by atomic mass is 9.86. The minimum atomic E-state index is 0.00125. The Labute approximate surface area is 74.7 Å². The molecule has 1 heterocycles. The van der Waals surface area contributed by atoms with Gasteiger partial charge in [-0.25, -0.2) is 0 Å². The van der Waals surface area contributed by atoms with Gasteiger partial charge >= 0.3 is 0 Å². The number of hydrogen-bond donors (Lipinski definition) is 0. The van der Waals surface area contributed by atoms with Crippen LogP contribution in [0.5, 0.6) is 0 Å². The first kappa shape index (κ1) is 9.34. The highest BCUT2D eigenvalue weighted by Crippen LogP contribution is 2.32. The summed E-state index contributed by atoms with van der Waals surface area (Å²) in [5.41, 5.74) is 0. The van der Waals surface area contributed by atoms with Crippen molar-refractivity contribution < 1.29 is 0 Å². The fraction of sp³-hybridized carbons (Fsp3) is 1.00. The van der Waals surface area contributed by atoms with Crippen LogP contribution in [-0.4, -0.2) is 29.9 Å². The van der Waals surface area contributed by atoms with Gasteiger partial charge in [0, 0.05) is 4.87 Å². The molecule has 0 amide bonds. The minimum absolute atomic E-state index is 0.00125. The summed E-state index contributed by atoms with van der Waals surface area (Å²) in [4.78, 5) is 2.38. The Bertz CT molecular complexity index is 120. The van der Waals surface area contributed by atoms with Crippen LogP contribution in [0.2, 0.25) is 0 Å². The molecule has 1 aliphatic rings. The van der Waals surface area contributed by atoms with Crippen LogP contribution in [0.1, 0.15) is 26.7 Å². The van der Waals surface area contributed by atoms with Gasteiger partial charge in [0.2, 0.25) is 0 Å². The van der Waals surface area contributed by atoms with Crippen molar-refractivity contribution in [3.05, 3.63) is 0 Å². The Morgan fingerprint density at radius 2 is 1.73 bits per heavy atom. The number of alkyl halides is 1. The molecule has 0 unspecified atom stereocenters. The number of hydrogen-bond acceptors (Lipinski definition) is 1. The van der Waals surface area contributed by atoms with E-state index in [1.807, 2.05) is 0 Å². The average Bonchev–Trinajstić information content (AvgIpc) is 1.86. The lowest BCUT2D eigenvalue weighted by Gasteiger charge is -2.35. The van der Waals surface area contributed by atoms with E-state index in [9.17, 15) is 0 Å². The van der Waals surface area contributed by atoms with E-state index < -0.39 is 0 Å². The van der Waals surface area contributed by atoms with E-state index >= 15 is 0 Å². The molecule has 0 aromatic rings. The van der Waals surface area contributed by atoms with Crippen LogP contribution in [0.3, 0.4) is 0 Å².